The van der Waals surface area contributed by atoms with Crippen LogP contribution in [0.5, 0.6) is 0 Å². The molecule has 1 rings (SSSR count). The second-order valence-electron chi connectivity index (χ2n) is 2.82. The Hall–Kier alpha value is -0.200. The first kappa shape index (κ1) is 9.88. The lowest BCUT2D eigenvalue weighted by Crippen LogP contribution is -2.50. The van der Waals surface area contributed by atoms with E-state index in [1.54, 1.807) is 0 Å². The molecule has 0 spiro atoms. The Morgan fingerprint density at radius 1 is 1.50 bits per heavy atom. The van der Waals surface area contributed by atoms with Gasteiger partial charge in [0.1, 0.15) is 12.2 Å². The fourth-order valence-electron chi connectivity index (χ4n) is 1.22. The Morgan fingerprint density at radius 3 is 2.67 bits per heavy atom. The zero-order valence-electron chi connectivity index (χ0n) is 6.88. The molecule has 1 saturated heterocycles. The standard InChI is InChI=1S/C7H14O5/c1-11-6-2-4(9)7(10)5(3-8)12-6/h4-10H,2-3H2,1H3/t4-,5+,6-,7-/m0/s1. The molecule has 0 aromatic rings. The molecule has 0 aromatic carbocycles. The van der Waals surface area contributed by atoms with Crippen molar-refractivity contribution >= 4 is 0 Å². The first-order valence-electron chi connectivity index (χ1n) is 3.84. The summed E-state index contributed by atoms with van der Waals surface area (Å²) in [4.78, 5) is 0. The maximum atomic E-state index is 9.26. The SMILES string of the molecule is CO[C@@H]1C[C@H](O)[C@H](O)[C@@H](CO)O1. The van der Waals surface area contributed by atoms with E-state index in [0.29, 0.717) is 0 Å². The van der Waals surface area contributed by atoms with Gasteiger partial charge in [-0.05, 0) is 0 Å². The minimum atomic E-state index is -1.03. The molecule has 0 bridgehead atoms. The first-order chi connectivity index (χ1) is 5.69. The van der Waals surface area contributed by atoms with Gasteiger partial charge in [-0.2, -0.15) is 0 Å². The molecule has 0 aliphatic carbocycles. The number of ether oxygens (including phenoxy) is 2. The van der Waals surface area contributed by atoms with E-state index in [1.807, 2.05) is 0 Å². The van der Waals surface area contributed by atoms with Gasteiger partial charge in [0.2, 0.25) is 0 Å². The average molecular weight is 178 g/mol. The predicted molar refractivity (Wildman–Crippen MR) is 39.4 cm³/mol. The van der Waals surface area contributed by atoms with E-state index in [-0.39, 0.29) is 13.0 Å². The van der Waals surface area contributed by atoms with Gasteiger partial charge in [-0.1, -0.05) is 0 Å². The highest BCUT2D eigenvalue weighted by atomic mass is 16.7. The number of rotatable bonds is 2. The van der Waals surface area contributed by atoms with Crippen LogP contribution in [0.4, 0.5) is 0 Å². The molecule has 1 aliphatic rings. The molecule has 1 fully saturated rings. The van der Waals surface area contributed by atoms with Crippen LogP contribution in [0.1, 0.15) is 6.42 Å². The van der Waals surface area contributed by atoms with E-state index in [9.17, 15) is 10.2 Å². The zero-order valence-corrected chi connectivity index (χ0v) is 6.88. The molecular formula is C7H14O5. The summed E-state index contributed by atoms with van der Waals surface area (Å²) in [6.07, 6.45) is -2.98. The lowest BCUT2D eigenvalue weighted by Gasteiger charge is -2.35. The Bertz CT molecular complexity index is 140. The van der Waals surface area contributed by atoms with Crippen molar-refractivity contribution in [2.24, 2.45) is 0 Å². The van der Waals surface area contributed by atoms with Crippen LogP contribution in [-0.2, 0) is 9.47 Å². The maximum absolute atomic E-state index is 9.26. The Balaban J connectivity index is 2.52. The van der Waals surface area contributed by atoms with E-state index in [0.717, 1.165) is 0 Å². The van der Waals surface area contributed by atoms with Crippen molar-refractivity contribution in [3.8, 4) is 0 Å². The van der Waals surface area contributed by atoms with E-state index in [1.165, 1.54) is 7.11 Å². The van der Waals surface area contributed by atoms with Crippen molar-refractivity contribution in [1.29, 1.82) is 0 Å². The maximum Gasteiger partial charge on any atom is 0.160 e. The van der Waals surface area contributed by atoms with Gasteiger partial charge in [0.05, 0.1) is 12.7 Å². The quantitative estimate of drug-likeness (QED) is 0.477. The third-order valence-corrected chi connectivity index (χ3v) is 1.98. The highest BCUT2D eigenvalue weighted by molar-refractivity contribution is 4.81. The highest BCUT2D eigenvalue weighted by Gasteiger charge is 2.36. The van der Waals surface area contributed by atoms with E-state index >= 15 is 0 Å². The molecule has 1 heterocycles. The monoisotopic (exact) mass is 178 g/mol. The van der Waals surface area contributed by atoms with Crippen molar-refractivity contribution in [3.05, 3.63) is 0 Å². The van der Waals surface area contributed by atoms with Crippen molar-refractivity contribution < 1.29 is 24.8 Å². The summed E-state index contributed by atoms with van der Waals surface area (Å²) in [5.74, 6) is 0. The fourth-order valence-corrected chi connectivity index (χ4v) is 1.22. The molecule has 0 unspecified atom stereocenters. The Morgan fingerprint density at radius 2 is 2.17 bits per heavy atom. The second kappa shape index (κ2) is 4.15. The molecule has 0 radical (unpaired) electrons. The Labute approximate surface area is 70.5 Å². The van der Waals surface area contributed by atoms with Crippen molar-refractivity contribution in [2.75, 3.05) is 13.7 Å². The summed E-state index contributed by atoms with van der Waals surface area (Å²) in [6.45, 7) is -0.321. The summed E-state index contributed by atoms with van der Waals surface area (Å²) in [5.41, 5.74) is 0. The third kappa shape index (κ3) is 1.94. The van der Waals surface area contributed by atoms with Gasteiger partial charge in [-0.15, -0.1) is 0 Å². The van der Waals surface area contributed by atoms with E-state index < -0.39 is 24.6 Å². The molecule has 72 valence electrons. The van der Waals surface area contributed by atoms with Crippen LogP contribution in [0.3, 0.4) is 0 Å². The van der Waals surface area contributed by atoms with Gasteiger partial charge in [-0.3, -0.25) is 0 Å². The van der Waals surface area contributed by atoms with Crippen LogP contribution < -0.4 is 0 Å². The average Bonchev–Trinajstić information content (AvgIpc) is 2.09. The first-order valence-corrected chi connectivity index (χ1v) is 3.84. The number of hydrogen-bond donors (Lipinski definition) is 3. The van der Waals surface area contributed by atoms with E-state index in [2.05, 4.69) is 0 Å². The molecule has 3 N–H and O–H groups in total. The van der Waals surface area contributed by atoms with Crippen LogP contribution in [0, 0.1) is 0 Å². The molecule has 0 aromatic heterocycles. The van der Waals surface area contributed by atoms with Gasteiger partial charge >= 0.3 is 0 Å². The van der Waals surface area contributed by atoms with Crippen LogP contribution in [0.25, 0.3) is 0 Å². The molecule has 5 heteroatoms. The van der Waals surface area contributed by atoms with Crippen molar-refractivity contribution in [1.82, 2.24) is 0 Å². The lowest BCUT2D eigenvalue weighted by atomic mass is 10.0. The zero-order chi connectivity index (χ0) is 9.14. The number of hydrogen-bond acceptors (Lipinski definition) is 5. The Kier molecular flexibility index (Phi) is 3.42. The topological polar surface area (TPSA) is 79.2 Å². The highest BCUT2D eigenvalue weighted by Crippen LogP contribution is 2.20. The van der Waals surface area contributed by atoms with Gasteiger partial charge in [0.25, 0.3) is 0 Å². The van der Waals surface area contributed by atoms with E-state index in [4.69, 9.17) is 14.6 Å². The molecule has 5 nitrogen and oxygen atoms in total. The number of aliphatic hydroxyl groups excluding tert-OH is 3. The number of methoxy groups -OCH3 is 1. The number of aliphatic hydroxyl groups is 3. The molecule has 4 atom stereocenters. The minimum Gasteiger partial charge on any atom is -0.394 e. The van der Waals surface area contributed by atoms with Crippen LogP contribution in [-0.4, -0.2) is 53.6 Å². The van der Waals surface area contributed by atoms with Gasteiger partial charge in [0.15, 0.2) is 6.29 Å². The summed E-state index contributed by atoms with van der Waals surface area (Å²) >= 11 is 0. The molecular weight excluding hydrogens is 164 g/mol. The molecule has 1 aliphatic heterocycles. The van der Waals surface area contributed by atoms with Gasteiger partial charge < -0.3 is 24.8 Å². The summed E-state index contributed by atoms with van der Waals surface area (Å²) in [7, 11) is 1.45. The lowest BCUT2D eigenvalue weighted by molar-refractivity contribution is -0.248. The molecule has 0 amide bonds. The minimum absolute atomic E-state index is 0.230. The van der Waals surface area contributed by atoms with Crippen LogP contribution >= 0.6 is 0 Å². The normalized spacial score (nSPS) is 43.0. The smallest absolute Gasteiger partial charge is 0.160 e. The van der Waals surface area contributed by atoms with Crippen molar-refractivity contribution in [3.63, 3.8) is 0 Å². The second-order valence-corrected chi connectivity index (χ2v) is 2.82. The summed E-state index contributed by atoms with van der Waals surface area (Å²) < 4.78 is 9.92. The van der Waals surface area contributed by atoms with Crippen LogP contribution in [0.15, 0.2) is 0 Å². The predicted octanol–water partition coefficient (Wildman–Crippen LogP) is -1.54. The fraction of sp³-hybridized carbons (Fsp3) is 1.00. The molecule has 12 heavy (non-hydrogen) atoms. The van der Waals surface area contributed by atoms with Crippen LogP contribution in [0.2, 0.25) is 0 Å². The summed E-state index contributed by atoms with van der Waals surface area (Å²) in [6, 6.07) is 0. The summed E-state index contributed by atoms with van der Waals surface area (Å²) in [5, 5.41) is 27.3. The largest absolute Gasteiger partial charge is 0.394 e. The van der Waals surface area contributed by atoms with Gasteiger partial charge in [-0.25, -0.2) is 0 Å². The van der Waals surface area contributed by atoms with Gasteiger partial charge in [0, 0.05) is 13.5 Å². The third-order valence-electron chi connectivity index (χ3n) is 1.98. The van der Waals surface area contributed by atoms with Crippen molar-refractivity contribution in [2.45, 2.75) is 31.0 Å². The molecule has 0 saturated carbocycles.